The normalized spacial score (nSPS) is 17.8. The Balaban J connectivity index is 1.65. The van der Waals surface area contributed by atoms with E-state index in [0.29, 0.717) is 17.5 Å². The van der Waals surface area contributed by atoms with Crippen molar-refractivity contribution in [2.24, 2.45) is 0 Å². The maximum absolute atomic E-state index is 12.6. The average molecular weight is 341 g/mol. The third kappa shape index (κ3) is 2.91. The van der Waals surface area contributed by atoms with Crippen molar-refractivity contribution >= 4 is 5.82 Å². The van der Waals surface area contributed by atoms with Gasteiger partial charge in [0.25, 0.3) is 5.56 Å². The molecule has 1 aliphatic heterocycles. The van der Waals surface area contributed by atoms with E-state index >= 15 is 0 Å². The van der Waals surface area contributed by atoms with Gasteiger partial charge in [0.1, 0.15) is 12.1 Å². The van der Waals surface area contributed by atoms with Gasteiger partial charge in [0.15, 0.2) is 11.5 Å². The number of aromatic nitrogens is 7. The summed E-state index contributed by atoms with van der Waals surface area (Å²) in [6.07, 6.45) is 8.46. The van der Waals surface area contributed by atoms with E-state index in [0.717, 1.165) is 31.7 Å². The zero-order valence-corrected chi connectivity index (χ0v) is 13.8. The Labute approximate surface area is 143 Å². The van der Waals surface area contributed by atoms with Gasteiger partial charge in [0, 0.05) is 25.2 Å². The molecule has 10 nitrogen and oxygen atoms in total. The van der Waals surface area contributed by atoms with Gasteiger partial charge in [0.2, 0.25) is 0 Å². The SMILES string of the molecule is CNC1CCCN(c2cc(-n3[nH]cc(-n4ccnn4)c3=O)ncn2)C1. The van der Waals surface area contributed by atoms with E-state index in [2.05, 4.69) is 35.6 Å². The average Bonchev–Trinajstić information content (AvgIpc) is 3.31. The zero-order chi connectivity index (χ0) is 17.2. The Morgan fingerprint density at radius 3 is 3.00 bits per heavy atom. The first kappa shape index (κ1) is 15.5. The van der Waals surface area contributed by atoms with Crippen LogP contribution in [0.25, 0.3) is 11.5 Å². The fourth-order valence-corrected chi connectivity index (χ4v) is 3.08. The molecule has 4 heterocycles. The highest BCUT2D eigenvalue weighted by atomic mass is 16.1. The maximum atomic E-state index is 12.6. The maximum Gasteiger partial charge on any atom is 0.298 e. The van der Waals surface area contributed by atoms with Gasteiger partial charge in [-0.1, -0.05) is 5.21 Å². The van der Waals surface area contributed by atoms with Crippen molar-refractivity contribution in [3.63, 3.8) is 0 Å². The molecule has 3 aromatic rings. The summed E-state index contributed by atoms with van der Waals surface area (Å²) < 4.78 is 2.79. The molecule has 4 rings (SSSR count). The number of aromatic amines is 1. The van der Waals surface area contributed by atoms with Crippen LogP contribution in [0.4, 0.5) is 5.82 Å². The minimum absolute atomic E-state index is 0.248. The van der Waals surface area contributed by atoms with Crippen LogP contribution in [0.15, 0.2) is 35.8 Å². The van der Waals surface area contributed by atoms with E-state index in [4.69, 9.17) is 0 Å². The number of hydrogen-bond donors (Lipinski definition) is 2. The number of nitrogens with zero attached hydrogens (tertiary/aromatic N) is 7. The molecule has 3 aromatic heterocycles. The second kappa shape index (κ2) is 6.48. The van der Waals surface area contributed by atoms with Crippen LogP contribution < -0.4 is 15.8 Å². The van der Waals surface area contributed by atoms with Gasteiger partial charge in [-0.2, -0.15) is 4.68 Å². The standard InChI is InChI=1S/C15H19N9O/c1-16-11-3-2-5-22(9-11)13-7-14(18-10-17-13)24-15(25)12(8-20-24)23-6-4-19-21-23/h4,6-8,10-11,16,20H,2-3,5,9H2,1H3. The summed E-state index contributed by atoms with van der Waals surface area (Å²) in [6, 6.07) is 2.26. The first-order valence-electron chi connectivity index (χ1n) is 8.18. The second-order valence-electron chi connectivity index (χ2n) is 5.96. The molecule has 0 amide bonds. The topological polar surface area (TPSA) is 110 Å². The molecule has 0 spiro atoms. The summed E-state index contributed by atoms with van der Waals surface area (Å²) in [4.78, 5) is 23.4. The summed E-state index contributed by atoms with van der Waals surface area (Å²) in [5, 5.41) is 13.8. The number of likely N-dealkylation sites (N-methyl/N-ethyl adjacent to an activating group) is 1. The van der Waals surface area contributed by atoms with Crippen LogP contribution in [-0.2, 0) is 0 Å². The van der Waals surface area contributed by atoms with Crippen molar-refractivity contribution in [3.05, 3.63) is 41.3 Å². The molecule has 25 heavy (non-hydrogen) atoms. The molecule has 0 saturated carbocycles. The number of hydrogen-bond acceptors (Lipinski definition) is 7. The lowest BCUT2D eigenvalue weighted by atomic mass is 10.1. The number of anilines is 1. The van der Waals surface area contributed by atoms with E-state index in [9.17, 15) is 4.79 Å². The Bertz CT molecular complexity index is 898. The molecular formula is C15H19N9O. The molecule has 130 valence electrons. The van der Waals surface area contributed by atoms with Crippen molar-refractivity contribution in [1.29, 1.82) is 0 Å². The summed E-state index contributed by atoms with van der Waals surface area (Å²) in [7, 11) is 1.98. The van der Waals surface area contributed by atoms with Crippen LogP contribution in [0, 0.1) is 0 Å². The largest absolute Gasteiger partial charge is 0.355 e. The zero-order valence-electron chi connectivity index (χ0n) is 13.8. The lowest BCUT2D eigenvalue weighted by Gasteiger charge is -2.33. The fraction of sp³-hybridized carbons (Fsp3) is 0.400. The number of piperidine rings is 1. The highest BCUT2D eigenvalue weighted by molar-refractivity contribution is 5.44. The molecule has 1 fully saturated rings. The van der Waals surface area contributed by atoms with E-state index < -0.39 is 0 Å². The molecule has 2 N–H and O–H groups in total. The van der Waals surface area contributed by atoms with Crippen LogP contribution in [0.1, 0.15) is 12.8 Å². The number of H-pyrrole nitrogens is 1. The first-order valence-corrected chi connectivity index (χ1v) is 8.18. The van der Waals surface area contributed by atoms with E-state index in [1.54, 1.807) is 12.4 Å². The number of rotatable bonds is 4. The fourth-order valence-electron chi connectivity index (χ4n) is 3.08. The lowest BCUT2D eigenvalue weighted by Crippen LogP contribution is -2.44. The summed E-state index contributed by atoms with van der Waals surface area (Å²) in [5.74, 6) is 1.31. The van der Waals surface area contributed by atoms with E-state index in [-0.39, 0.29) is 5.56 Å². The molecule has 10 heteroatoms. The summed E-state index contributed by atoms with van der Waals surface area (Å²) in [6.45, 7) is 1.83. The number of nitrogens with one attached hydrogen (secondary N) is 2. The third-order valence-electron chi connectivity index (χ3n) is 4.44. The van der Waals surface area contributed by atoms with Crippen LogP contribution in [-0.4, -0.2) is 60.9 Å². The van der Waals surface area contributed by atoms with E-state index in [1.165, 1.54) is 21.9 Å². The smallest absolute Gasteiger partial charge is 0.298 e. The highest BCUT2D eigenvalue weighted by Crippen LogP contribution is 2.18. The minimum Gasteiger partial charge on any atom is -0.355 e. The van der Waals surface area contributed by atoms with Crippen molar-refractivity contribution < 1.29 is 0 Å². The molecule has 0 aliphatic carbocycles. The van der Waals surface area contributed by atoms with Gasteiger partial charge in [-0.3, -0.25) is 9.89 Å². The van der Waals surface area contributed by atoms with Crippen molar-refractivity contribution in [1.82, 2.24) is 40.1 Å². The van der Waals surface area contributed by atoms with Gasteiger partial charge in [-0.05, 0) is 19.9 Å². The van der Waals surface area contributed by atoms with Crippen LogP contribution >= 0.6 is 0 Å². The molecule has 1 unspecified atom stereocenters. The second-order valence-corrected chi connectivity index (χ2v) is 5.96. The Morgan fingerprint density at radius 2 is 2.20 bits per heavy atom. The van der Waals surface area contributed by atoms with Gasteiger partial charge in [-0.15, -0.1) is 5.10 Å². The minimum atomic E-state index is -0.248. The van der Waals surface area contributed by atoms with Gasteiger partial charge in [0.05, 0.1) is 18.6 Å². The Kier molecular flexibility index (Phi) is 4.02. The van der Waals surface area contributed by atoms with Crippen LogP contribution in [0.2, 0.25) is 0 Å². The quantitative estimate of drug-likeness (QED) is 0.672. The van der Waals surface area contributed by atoms with Crippen LogP contribution in [0.5, 0.6) is 0 Å². The van der Waals surface area contributed by atoms with Gasteiger partial charge >= 0.3 is 0 Å². The lowest BCUT2D eigenvalue weighted by molar-refractivity contribution is 0.447. The summed E-state index contributed by atoms with van der Waals surface area (Å²) in [5.41, 5.74) is 0.132. The first-order chi connectivity index (χ1) is 12.3. The third-order valence-corrected chi connectivity index (χ3v) is 4.44. The van der Waals surface area contributed by atoms with Crippen molar-refractivity contribution in [2.45, 2.75) is 18.9 Å². The molecule has 0 aromatic carbocycles. The molecule has 0 bridgehead atoms. The van der Waals surface area contributed by atoms with Crippen molar-refractivity contribution in [2.75, 3.05) is 25.0 Å². The monoisotopic (exact) mass is 341 g/mol. The van der Waals surface area contributed by atoms with E-state index in [1.807, 2.05) is 13.1 Å². The Morgan fingerprint density at radius 1 is 1.32 bits per heavy atom. The predicted octanol–water partition coefficient (Wildman–Crippen LogP) is -0.276. The predicted molar refractivity (Wildman–Crippen MR) is 91.2 cm³/mol. The summed E-state index contributed by atoms with van der Waals surface area (Å²) >= 11 is 0. The highest BCUT2D eigenvalue weighted by Gasteiger charge is 2.20. The van der Waals surface area contributed by atoms with Crippen molar-refractivity contribution in [3.8, 4) is 11.5 Å². The van der Waals surface area contributed by atoms with Gasteiger partial charge in [-0.25, -0.2) is 14.6 Å². The molecule has 1 saturated heterocycles. The molecule has 1 atom stereocenters. The Hall–Kier alpha value is -3.01. The van der Waals surface area contributed by atoms with Crippen LogP contribution in [0.3, 0.4) is 0 Å². The molecule has 0 radical (unpaired) electrons. The molecule has 1 aliphatic rings. The molecular weight excluding hydrogens is 322 g/mol. The van der Waals surface area contributed by atoms with Gasteiger partial charge < -0.3 is 10.2 Å².